The molecule has 1 aromatic heterocycles. The van der Waals surface area contributed by atoms with E-state index >= 15 is 0 Å². The molecule has 0 bridgehead atoms. The minimum absolute atomic E-state index is 0.163. The Bertz CT molecular complexity index is 1240. The normalized spacial score (nSPS) is 16.6. The number of benzene rings is 1. The first-order valence-electron chi connectivity index (χ1n) is 11.3. The lowest BCUT2D eigenvalue weighted by Gasteiger charge is -2.41. The molecule has 0 fully saturated rings. The van der Waals surface area contributed by atoms with Gasteiger partial charge in [0.2, 0.25) is 11.9 Å². The Labute approximate surface area is 209 Å². The predicted molar refractivity (Wildman–Crippen MR) is 134 cm³/mol. The molecule has 2 amide bonds. The van der Waals surface area contributed by atoms with E-state index in [9.17, 15) is 9.59 Å². The van der Waals surface area contributed by atoms with E-state index in [1.54, 1.807) is 30.3 Å². The van der Waals surface area contributed by atoms with E-state index < -0.39 is 5.54 Å². The van der Waals surface area contributed by atoms with Crippen LogP contribution in [0, 0.1) is 5.41 Å². The number of nitrogens with one attached hydrogen (secondary N) is 3. The first-order valence-corrected chi connectivity index (χ1v) is 11.6. The van der Waals surface area contributed by atoms with Gasteiger partial charge in [0.1, 0.15) is 11.8 Å². The van der Waals surface area contributed by atoms with Gasteiger partial charge in [0.25, 0.3) is 5.91 Å². The fraction of sp³-hybridized carbons (Fsp3) is 0.360. The third kappa shape index (κ3) is 4.95. The van der Waals surface area contributed by atoms with Crippen LogP contribution < -0.4 is 16.1 Å². The van der Waals surface area contributed by atoms with E-state index in [0.29, 0.717) is 46.5 Å². The number of hydrogen-bond acceptors (Lipinski definition) is 7. The fourth-order valence-corrected chi connectivity index (χ4v) is 4.78. The molecule has 0 spiro atoms. The van der Waals surface area contributed by atoms with Crippen molar-refractivity contribution < 1.29 is 14.4 Å². The Morgan fingerprint density at radius 1 is 1.29 bits per heavy atom. The highest BCUT2D eigenvalue weighted by Gasteiger charge is 2.47. The number of hydrogen-bond donors (Lipinski definition) is 3. The number of fused-ring (bicyclic) bond motifs is 1. The third-order valence-corrected chi connectivity index (χ3v) is 6.25. The van der Waals surface area contributed by atoms with Gasteiger partial charge in [0, 0.05) is 30.8 Å². The van der Waals surface area contributed by atoms with E-state index in [1.807, 2.05) is 19.1 Å². The van der Waals surface area contributed by atoms with Gasteiger partial charge in [-0.05, 0) is 30.4 Å². The molecule has 3 N–H and O–H groups in total. The summed E-state index contributed by atoms with van der Waals surface area (Å²) in [5, 5.41) is 6.18. The zero-order valence-electron chi connectivity index (χ0n) is 20.4. The summed E-state index contributed by atoms with van der Waals surface area (Å²) >= 11 is 6.43. The number of anilines is 1. The molecule has 9 nitrogen and oxygen atoms in total. The molecule has 0 aliphatic carbocycles. The molecule has 0 saturated carbocycles. The van der Waals surface area contributed by atoms with E-state index in [2.05, 4.69) is 46.9 Å². The zero-order chi connectivity index (χ0) is 25.4. The van der Waals surface area contributed by atoms with Gasteiger partial charge in [0.15, 0.2) is 0 Å². The van der Waals surface area contributed by atoms with Crippen LogP contribution in [0.5, 0.6) is 0 Å². The van der Waals surface area contributed by atoms with E-state index in [4.69, 9.17) is 16.4 Å². The van der Waals surface area contributed by atoms with Gasteiger partial charge >= 0.3 is 0 Å². The number of aromatic nitrogens is 2. The van der Waals surface area contributed by atoms with Gasteiger partial charge in [-0.15, -0.1) is 0 Å². The molecular formula is C25H29ClN6O3. The molecule has 4 rings (SSSR count). The van der Waals surface area contributed by atoms with Gasteiger partial charge in [-0.2, -0.15) is 0 Å². The summed E-state index contributed by atoms with van der Waals surface area (Å²) in [6.07, 6.45) is 6.86. The number of likely N-dealkylation sites (N-methyl/N-ethyl adjacent to an activating group) is 1. The molecule has 0 radical (unpaired) electrons. The number of amides is 2. The molecule has 2 aromatic rings. The number of hydroxylamine groups is 1. The van der Waals surface area contributed by atoms with Crippen LogP contribution in [0.4, 0.5) is 5.95 Å². The van der Waals surface area contributed by atoms with Crippen molar-refractivity contribution in [3.05, 3.63) is 64.8 Å². The summed E-state index contributed by atoms with van der Waals surface area (Å²) in [7, 11) is 1.60. The van der Waals surface area contributed by atoms with Crippen molar-refractivity contribution in [3.63, 3.8) is 0 Å². The van der Waals surface area contributed by atoms with E-state index in [0.717, 1.165) is 5.56 Å². The Morgan fingerprint density at radius 2 is 2.06 bits per heavy atom. The average molecular weight is 497 g/mol. The monoisotopic (exact) mass is 496 g/mol. The Morgan fingerprint density at radius 3 is 2.71 bits per heavy atom. The quantitative estimate of drug-likeness (QED) is 0.554. The minimum Gasteiger partial charge on any atom is -0.390 e. The zero-order valence-corrected chi connectivity index (χ0v) is 21.2. The van der Waals surface area contributed by atoms with Crippen molar-refractivity contribution in [2.45, 2.75) is 46.2 Å². The van der Waals surface area contributed by atoms with E-state index in [1.165, 1.54) is 12.5 Å². The van der Waals surface area contributed by atoms with Crippen LogP contribution in [0.2, 0.25) is 5.02 Å². The topological polar surface area (TPSA) is 108 Å². The molecule has 1 unspecified atom stereocenters. The Kier molecular flexibility index (Phi) is 6.46. The molecule has 184 valence electrons. The number of rotatable bonds is 6. The van der Waals surface area contributed by atoms with Crippen molar-refractivity contribution in [3.8, 4) is 11.3 Å². The highest BCUT2D eigenvalue weighted by molar-refractivity contribution is 6.33. The lowest BCUT2D eigenvalue weighted by Crippen LogP contribution is -2.57. The summed E-state index contributed by atoms with van der Waals surface area (Å²) in [6, 6.07) is 5.55. The van der Waals surface area contributed by atoms with Gasteiger partial charge in [-0.1, -0.05) is 44.5 Å². The van der Waals surface area contributed by atoms with Gasteiger partial charge < -0.3 is 20.4 Å². The van der Waals surface area contributed by atoms with Crippen LogP contribution in [0.1, 0.15) is 50.0 Å². The van der Waals surface area contributed by atoms with Crippen molar-refractivity contribution >= 4 is 29.4 Å². The minimum atomic E-state index is -0.994. The summed E-state index contributed by atoms with van der Waals surface area (Å²) in [4.78, 5) is 41.9. The summed E-state index contributed by atoms with van der Waals surface area (Å²) in [5.41, 5.74) is 4.74. The van der Waals surface area contributed by atoms with Gasteiger partial charge in [0.05, 0.1) is 28.8 Å². The second kappa shape index (κ2) is 9.22. The number of carbonyl (C=O) groups is 2. The fourth-order valence-electron chi connectivity index (χ4n) is 4.58. The van der Waals surface area contributed by atoms with Crippen LogP contribution >= 0.6 is 11.6 Å². The van der Waals surface area contributed by atoms with E-state index in [-0.39, 0.29) is 17.2 Å². The van der Waals surface area contributed by atoms with Crippen LogP contribution in [0.3, 0.4) is 0 Å². The maximum absolute atomic E-state index is 13.6. The lowest BCUT2D eigenvalue weighted by atomic mass is 9.79. The molecule has 3 heterocycles. The van der Waals surface area contributed by atoms with Crippen LogP contribution in [0.15, 0.2) is 48.6 Å². The first-order chi connectivity index (χ1) is 16.5. The number of halogens is 1. The molecule has 10 heteroatoms. The predicted octanol–water partition coefficient (Wildman–Crippen LogP) is 4.00. The average Bonchev–Trinajstić information content (AvgIpc) is 3.15. The van der Waals surface area contributed by atoms with Crippen molar-refractivity contribution in [2.24, 2.45) is 5.41 Å². The van der Waals surface area contributed by atoms with Crippen molar-refractivity contribution in [2.75, 3.05) is 12.4 Å². The molecular weight excluding hydrogens is 468 g/mol. The number of nitrogens with zero attached hydrogens (tertiary/aromatic N) is 3. The first kappa shape index (κ1) is 24.5. The van der Waals surface area contributed by atoms with Crippen molar-refractivity contribution in [1.29, 1.82) is 0 Å². The molecule has 2 aliphatic heterocycles. The summed E-state index contributed by atoms with van der Waals surface area (Å²) in [5.74, 6) is -0.0338. The second-order valence-corrected chi connectivity index (χ2v) is 10.4. The molecule has 2 aliphatic rings. The maximum Gasteiger partial charge on any atom is 0.255 e. The summed E-state index contributed by atoms with van der Waals surface area (Å²) < 4.78 is 0. The Balaban J connectivity index is 1.66. The summed E-state index contributed by atoms with van der Waals surface area (Å²) in [6.45, 7) is 8.37. The second-order valence-electron chi connectivity index (χ2n) is 10.0. The maximum atomic E-state index is 13.6. The largest absolute Gasteiger partial charge is 0.390 e. The number of allylic oxidation sites excluding steroid dienone is 1. The van der Waals surface area contributed by atoms with Crippen LogP contribution in [-0.2, 0) is 16.2 Å². The smallest absolute Gasteiger partial charge is 0.255 e. The standard InChI is InChI=1S/C25H29ClN6O3/c1-24(2,3)14-25(4,22(34)27-5)32-13-16-7-6-15(10-18(16)21(32)33)20-19(26)12-28-23(31-20)30-17-8-9-35-29-11-17/h6-12,29H,13-14H2,1-5H3,(H,27,34)(H,28,30,31). The molecule has 0 saturated heterocycles. The molecule has 1 atom stereocenters. The molecule has 35 heavy (non-hydrogen) atoms. The van der Waals surface area contributed by atoms with Gasteiger partial charge in [-0.25, -0.2) is 15.4 Å². The Hall–Kier alpha value is -3.59. The SMILES string of the molecule is CNC(=O)C(C)(CC(C)(C)C)N1Cc2ccc(-c3nc(NC4=CNOC=C4)ncc3Cl)cc2C1=O. The number of carbonyl (C=O) groups excluding carboxylic acids is 2. The van der Waals surface area contributed by atoms with Crippen molar-refractivity contribution in [1.82, 2.24) is 25.7 Å². The highest BCUT2D eigenvalue weighted by atomic mass is 35.5. The lowest BCUT2D eigenvalue weighted by molar-refractivity contribution is -0.132. The van der Waals surface area contributed by atoms with Crippen LogP contribution in [0.25, 0.3) is 11.3 Å². The third-order valence-electron chi connectivity index (χ3n) is 5.97. The highest BCUT2D eigenvalue weighted by Crippen LogP contribution is 2.39. The van der Waals surface area contributed by atoms with Crippen LogP contribution in [-0.4, -0.2) is 39.3 Å². The van der Waals surface area contributed by atoms with Gasteiger partial charge in [-0.3, -0.25) is 9.59 Å². The molecule has 1 aromatic carbocycles.